The van der Waals surface area contributed by atoms with Crippen LogP contribution in [0.1, 0.15) is 42.9 Å². The van der Waals surface area contributed by atoms with E-state index in [1.54, 1.807) is 0 Å². The topological polar surface area (TPSA) is 63.1 Å². The zero-order chi connectivity index (χ0) is 23.0. The zero-order valence-electron chi connectivity index (χ0n) is 20.5. The Morgan fingerprint density at radius 3 is 2.29 bits per heavy atom. The van der Waals surface area contributed by atoms with E-state index in [1.807, 2.05) is 7.05 Å². The van der Waals surface area contributed by atoms with Crippen LogP contribution in [0.4, 0.5) is 0 Å². The van der Waals surface area contributed by atoms with E-state index in [9.17, 15) is 5.11 Å². The molecule has 2 atom stereocenters. The van der Waals surface area contributed by atoms with Crippen LogP contribution in [0.3, 0.4) is 0 Å². The minimum absolute atomic E-state index is 0. The number of aliphatic imine (C=N–C) groups is 1. The van der Waals surface area contributed by atoms with Crippen molar-refractivity contribution in [1.29, 1.82) is 0 Å². The van der Waals surface area contributed by atoms with Gasteiger partial charge >= 0.3 is 0 Å². The SMILES string of the molecule is CN=C(NCc1ccc(CN2CCC(O)CC2)cc1)NC1CC(C)N(Cc2ccccc2)C1.I. The quantitative estimate of drug-likeness (QED) is 0.267. The van der Waals surface area contributed by atoms with Crippen molar-refractivity contribution in [1.82, 2.24) is 20.4 Å². The maximum Gasteiger partial charge on any atom is 0.191 e. The molecule has 2 saturated heterocycles. The van der Waals surface area contributed by atoms with Gasteiger partial charge in [0.2, 0.25) is 0 Å². The number of nitrogens with zero attached hydrogens (tertiary/aromatic N) is 3. The molecule has 3 N–H and O–H groups in total. The number of hydrogen-bond acceptors (Lipinski definition) is 4. The monoisotopic (exact) mass is 577 g/mol. The molecule has 2 aromatic carbocycles. The van der Waals surface area contributed by atoms with Gasteiger partial charge in [-0.15, -0.1) is 24.0 Å². The number of guanidine groups is 1. The summed E-state index contributed by atoms with van der Waals surface area (Å²) in [6, 6.07) is 20.5. The van der Waals surface area contributed by atoms with Crippen molar-refractivity contribution >= 4 is 29.9 Å². The summed E-state index contributed by atoms with van der Waals surface area (Å²) in [4.78, 5) is 9.42. The highest BCUT2D eigenvalue weighted by Gasteiger charge is 2.29. The smallest absolute Gasteiger partial charge is 0.191 e. The molecule has 2 aromatic rings. The molecule has 0 aromatic heterocycles. The molecule has 0 spiro atoms. The Hall–Kier alpha value is -1.68. The Labute approximate surface area is 221 Å². The Bertz CT molecular complexity index is 884. The van der Waals surface area contributed by atoms with Crippen LogP contribution in [0.2, 0.25) is 0 Å². The molecule has 2 aliphatic rings. The molecule has 7 heteroatoms. The Morgan fingerprint density at radius 1 is 0.971 bits per heavy atom. The predicted molar refractivity (Wildman–Crippen MR) is 150 cm³/mol. The number of hydrogen-bond donors (Lipinski definition) is 3. The summed E-state index contributed by atoms with van der Waals surface area (Å²) in [6.07, 6.45) is 2.78. The van der Waals surface area contributed by atoms with Crippen LogP contribution >= 0.6 is 24.0 Å². The van der Waals surface area contributed by atoms with Crippen molar-refractivity contribution in [2.24, 2.45) is 4.99 Å². The molecule has 4 rings (SSSR count). The molecule has 0 bridgehead atoms. The largest absolute Gasteiger partial charge is 0.393 e. The molecule has 0 aliphatic carbocycles. The third-order valence-electron chi connectivity index (χ3n) is 6.94. The van der Waals surface area contributed by atoms with Crippen molar-refractivity contribution in [3.05, 3.63) is 71.3 Å². The Balaban J connectivity index is 0.00000324. The number of benzene rings is 2. The maximum absolute atomic E-state index is 9.68. The summed E-state index contributed by atoms with van der Waals surface area (Å²) in [5, 5.41) is 16.8. The van der Waals surface area contributed by atoms with Crippen molar-refractivity contribution in [2.45, 2.75) is 64.0 Å². The number of aliphatic hydroxyl groups excluding tert-OH is 1. The highest BCUT2D eigenvalue weighted by molar-refractivity contribution is 14.0. The normalized spacial score (nSPS) is 22.4. The number of aliphatic hydroxyl groups is 1. The average Bonchev–Trinajstić information content (AvgIpc) is 3.18. The van der Waals surface area contributed by atoms with Gasteiger partial charge in [-0.1, -0.05) is 54.6 Å². The standard InChI is InChI=1S/C27H39N5O.HI/c1-21-16-25(20-32(21)19-23-6-4-3-5-7-23)30-27(28-2)29-17-22-8-10-24(11-9-22)18-31-14-12-26(33)13-15-31;/h3-11,21,25-26,33H,12-20H2,1-2H3,(H2,28,29,30);1H. The number of nitrogens with one attached hydrogen (secondary N) is 2. The second-order valence-electron chi connectivity index (χ2n) is 9.59. The molecule has 0 amide bonds. The molecular weight excluding hydrogens is 537 g/mol. The first-order chi connectivity index (χ1) is 16.1. The molecule has 0 saturated carbocycles. The summed E-state index contributed by atoms with van der Waals surface area (Å²) in [5.41, 5.74) is 3.95. The summed E-state index contributed by atoms with van der Waals surface area (Å²) < 4.78 is 0. The van der Waals surface area contributed by atoms with Gasteiger partial charge in [-0.3, -0.25) is 14.8 Å². The summed E-state index contributed by atoms with van der Waals surface area (Å²) in [5.74, 6) is 0.865. The molecule has 6 nitrogen and oxygen atoms in total. The molecular formula is C27H40IN5O. The van der Waals surface area contributed by atoms with E-state index in [1.165, 1.54) is 16.7 Å². The molecule has 186 valence electrons. The summed E-state index contributed by atoms with van der Waals surface area (Å²) in [7, 11) is 1.84. The lowest BCUT2D eigenvalue weighted by Gasteiger charge is -2.29. The number of likely N-dealkylation sites (tertiary alicyclic amines) is 2. The van der Waals surface area contributed by atoms with Gasteiger partial charge in [0.1, 0.15) is 0 Å². The fraction of sp³-hybridized carbons (Fsp3) is 0.519. The lowest BCUT2D eigenvalue weighted by Crippen LogP contribution is -2.44. The molecule has 0 radical (unpaired) electrons. The molecule has 2 fully saturated rings. The van der Waals surface area contributed by atoms with Gasteiger partial charge in [0.25, 0.3) is 0 Å². The van der Waals surface area contributed by atoms with Crippen LogP contribution in [-0.4, -0.2) is 65.7 Å². The van der Waals surface area contributed by atoms with Gasteiger partial charge in [-0.25, -0.2) is 0 Å². The highest BCUT2D eigenvalue weighted by atomic mass is 127. The number of rotatable bonds is 7. The van der Waals surface area contributed by atoms with Gasteiger partial charge in [0.05, 0.1) is 6.10 Å². The average molecular weight is 578 g/mol. The summed E-state index contributed by atoms with van der Waals surface area (Å²) in [6.45, 7) is 8.02. The minimum Gasteiger partial charge on any atom is -0.393 e. The van der Waals surface area contributed by atoms with E-state index in [4.69, 9.17) is 0 Å². The van der Waals surface area contributed by atoms with Crippen molar-refractivity contribution in [2.75, 3.05) is 26.7 Å². The number of piperidine rings is 1. The van der Waals surface area contributed by atoms with E-state index in [0.29, 0.717) is 12.1 Å². The second kappa shape index (κ2) is 13.4. The van der Waals surface area contributed by atoms with E-state index < -0.39 is 0 Å². The third-order valence-corrected chi connectivity index (χ3v) is 6.94. The maximum atomic E-state index is 9.68. The fourth-order valence-corrected chi connectivity index (χ4v) is 4.91. The van der Waals surface area contributed by atoms with Crippen molar-refractivity contribution < 1.29 is 5.11 Å². The Morgan fingerprint density at radius 2 is 1.62 bits per heavy atom. The van der Waals surface area contributed by atoms with Crippen LogP contribution < -0.4 is 10.6 Å². The van der Waals surface area contributed by atoms with Gasteiger partial charge < -0.3 is 15.7 Å². The first-order valence-corrected chi connectivity index (χ1v) is 12.3. The van der Waals surface area contributed by atoms with Crippen LogP contribution in [0.15, 0.2) is 59.6 Å². The van der Waals surface area contributed by atoms with Crippen LogP contribution in [0.5, 0.6) is 0 Å². The van der Waals surface area contributed by atoms with E-state index in [2.05, 4.69) is 86.9 Å². The third kappa shape index (κ3) is 7.93. The van der Waals surface area contributed by atoms with Crippen LogP contribution in [0.25, 0.3) is 0 Å². The summed E-state index contributed by atoms with van der Waals surface area (Å²) >= 11 is 0. The molecule has 2 unspecified atom stereocenters. The lowest BCUT2D eigenvalue weighted by atomic mass is 10.1. The van der Waals surface area contributed by atoms with Gasteiger partial charge in [0.15, 0.2) is 5.96 Å². The van der Waals surface area contributed by atoms with Gasteiger partial charge in [-0.05, 0) is 42.9 Å². The molecule has 2 heterocycles. The zero-order valence-corrected chi connectivity index (χ0v) is 22.8. The van der Waals surface area contributed by atoms with Crippen LogP contribution in [-0.2, 0) is 19.6 Å². The first kappa shape index (κ1) is 26.9. The lowest BCUT2D eigenvalue weighted by molar-refractivity contribution is 0.0792. The van der Waals surface area contributed by atoms with Crippen molar-refractivity contribution in [3.8, 4) is 0 Å². The van der Waals surface area contributed by atoms with Crippen LogP contribution in [0, 0.1) is 0 Å². The fourth-order valence-electron chi connectivity index (χ4n) is 4.91. The molecule has 34 heavy (non-hydrogen) atoms. The number of halogens is 1. The minimum atomic E-state index is -0.114. The van der Waals surface area contributed by atoms with Gasteiger partial charge in [-0.2, -0.15) is 0 Å². The first-order valence-electron chi connectivity index (χ1n) is 12.3. The van der Waals surface area contributed by atoms with E-state index in [-0.39, 0.29) is 30.1 Å². The van der Waals surface area contributed by atoms with Crippen molar-refractivity contribution in [3.63, 3.8) is 0 Å². The van der Waals surface area contributed by atoms with E-state index >= 15 is 0 Å². The molecule has 2 aliphatic heterocycles. The van der Waals surface area contributed by atoms with E-state index in [0.717, 1.165) is 64.5 Å². The van der Waals surface area contributed by atoms with Gasteiger partial charge in [0, 0.05) is 58.4 Å². The second-order valence-corrected chi connectivity index (χ2v) is 9.59. The Kier molecular flexibility index (Phi) is 10.6. The predicted octanol–water partition coefficient (Wildman–Crippen LogP) is 3.59. The highest BCUT2D eigenvalue weighted by Crippen LogP contribution is 2.20.